The molecule has 68 valence electrons. The zero-order valence-corrected chi connectivity index (χ0v) is 9.03. The van der Waals surface area contributed by atoms with Gasteiger partial charge in [-0.3, -0.25) is 4.79 Å². The average Bonchev–Trinajstić information content (AvgIpc) is 2.03. The van der Waals surface area contributed by atoms with Gasteiger partial charge in [0.2, 0.25) is 0 Å². The fourth-order valence-electron chi connectivity index (χ4n) is 0.934. The molecule has 0 bridgehead atoms. The van der Waals surface area contributed by atoms with Crippen LogP contribution in [-0.4, -0.2) is 16.9 Å². The molecule has 0 amide bonds. The Hall–Kier alpha value is -0.910. The molecule has 3 nitrogen and oxygen atoms in total. The molecule has 0 aliphatic heterocycles. The van der Waals surface area contributed by atoms with Crippen LogP contribution in [-0.2, 0) is 0 Å². The third-order valence-corrected chi connectivity index (χ3v) is 2.49. The summed E-state index contributed by atoms with van der Waals surface area (Å²) in [5.41, 5.74) is 0.764. The standard InChI is InChI=1S/C9H7IO3/c1-5(11)7-3-2-6(9(12)13)4-8(7)10/h2-4H,1H3,(H,12,13). The van der Waals surface area contributed by atoms with Crippen LogP contribution in [0.5, 0.6) is 0 Å². The highest BCUT2D eigenvalue weighted by molar-refractivity contribution is 14.1. The first-order valence-electron chi connectivity index (χ1n) is 3.56. The van der Waals surface area contributed by atoms with Crippen molar-refractivity contribution in [3.63, 3.8) is 0 Å². The first-order chi connectivity index (χ1) is 6.02. The highest BCUT2D eigenvalue weighted by Crippen LogP contribution is 2.15. The van der Waals surface area contributed by atoms with E-state index in [9.17, 15) is 9.59 Å². The molecule has 1 rings (SSSR count). The van der Waals surface area contributed by atoms with Crippen LogP contribution >= 0.6 is 22.6 Å². The zero-order valence-electron chi connectivity index (χ0n) is 6.87. The van der Waals surface area contributed by atoms with E-state index in [1.54, 1.807) is 0 Å². The third-order valence-electron chi connectivity index (χ3n) is 1.60. The van der Waals surface area contributed by atoms with Gasteiger partial charge in [0.1, 0.15) is 0 Å². The van der Waals surface area contributed by atoms with E-state index in [0.717, 1.165) is 0 Å². The number of hydrogen-bond acceptors (Lipinski definition) is 2. The summed E-state index contributed by atoms with van der Waals surface area (Å²) in [6.07, 6.45) is 0. The lowest BCUT2D eigenvalue weighted by atomic mass is 10.1. The van der Waals surface area contributed by atoms with Gasteiger partial charge in [0, 0.05) is 9.13 Å². The summed E-state index contributed by atoms with van der Waals surface area (Å²) in [5, 5.41) is 8.65. The normalized spacial score (nSPS) is 9.69. The second-order valence-corrected chi connectivity index (χ2v) is 3.72. The van der Waals surface area contributed by atoms with Crippen molar-refractivity contribution in [2.45, 2.75) is 6.92 Å². The molecule has 0 spiro atoms. The number of rotatable bonds is 2. The Labute approximate surface area is 88.9 Å². The van der Waals surface area contributed by atoms with Gasteiger partial charge in [-0.15, -0.1) is 0 Å². The lowest BCUT2D eigenvalue weighted by Gasteiger charge is -2.00. The third kappa shape index (κ3) is 2.27. The number of halogens is 1. The molecule has 0 fully saturated rings. The molecule has 0 aromatic heterocycles. The van der Waals surface area contributed by atoms with Crippen molar-refractivity contribution in [2.75, 3.05) is 0 Å². The van der Waals surface area contributed by atoms with Gasteiger partial charge in [0.05, 0.1) is 5.56 Å². The van der Waals surface area contributed by atoms with Crippen LogP contribution in [0.15, 0.2) is 18.2 Å². The van der Waals surface area contributed by atoms with Crippen molar-refractivity contribution in [3.8, 4) is 0 Å². The van der Waals surface area contributed by atoms with Gasteiger partial charge in [0.15, 0.2) is 5.78 Å². The van der Waals surface area contributed by atoms with E-state index < -0.39 is 5.97 Å². The highest BCUT2D eigenvalue weighted by Gasteiger charge is 2.08. The molecule has 0 radical (unpaired) electrons. The van der Waals surface area contributed by atoms with Crippen LogP contribution in [0.25, 0.3) is 0 Å². The van der Waals surface area contributed by atoms with Crippen LogP contribution in [0, 0.1) is 3.57 Å². The molecule has 0 saturated carbocycles. The van der Waals surface area contributed by atoms with Gasteiger partial charge in [-0.1, -0.05) is 0 Å². The number of ketones is 1. The van der Waals surface area contributed by atoms with Gasteiger partial charge in [0.25, 0.3) is 0 Å². The minimum atomic E-state index is -0.979. The smallest absolute Gasteiger partial charge is 0.335 e. The largest absolute Gasteiger partial charge is 0.478 e. The van der Waals surface area contributed by atoms with Gasteiger partial charge < -0.3 is 5.11 Å². The van der Waals surface area contributed by atoms with Crippen LogP contribution in [0.4, 0.5) is 0 Å². The number of carboxylic acids is 1. The number of Topliss-reactive ketones (excluding diaryl/α,β-unsaturated/α-hetero) is 1. The summed E-state index contributed by atoms with van der Waals surface area (Å²) in [4.78, 5) is 21.5. The molecule has 0 saturated heterocycles. The molecule has 0 unspecified atom stereocenters. The van der Waals surface area contributed by atoms with E-state index in [2.05, 4.69) is 0 Å². The quantitative estimate of drug-likeness (QED) is 0.671. The van der Waals surface area contributed by atoms with Crippen molar-refractivity contribution >= 4 is 34.3 Å². The van der Waals surface area contributed by atoms with Crippen LogP contribution < -0.4 is 0 Å². The topological polar surface area (TPSA) is 54.4 Å². The lowest BCUT2D eigenvalue weighted by Crippen LogP contribution is -2.01. The van der Waals surface area contributed by atoms with Crippen molar-refractivity contribution in [3.05, 3.63) is 32.9 Å². The molecule has 1 N–H and O–H groups in total. The Kier molecular flexibility index (Phi) is 3.02. The van der Waals surface area contributed by atoms with Gasteiger partial charge >= 0.3 is 5.97 Å². The monoisotopic (exact) mass is 290 g/mol. The maximum absolute atomic E-state index is 11.0. The molecule has 0 atom stereocenters. The van der Waals surface area contributed by atoms with E-state index >= 15 is 0 Å². The fraction of sp³-hybridized carbons (Fsp3) is 0.111. The summed E-state index contributed by atoms with van der Waals surface area (Å²) in [7, 11) is 0. The van der Waals surface area contributed by atoms with E-state index in [0.29, 0.717) is 9.13 Å². The Balaban J connectivity index is 3.20. The van der Waals surface area contributed by atoms with E-state index in [1.807, 2.05) is 22.6 Å². The molecule has 0 heterocycles. The second kappa shape index (κ2) is 3.87. The van der Waals surface area contributed by atoms with E-state index in [-0.39, 0.29) is 11.3 Å². The molecular weight excluding hydrogens is 283 g/mol. The Bertz CT molecular complexity index is 371. The summed E-state index contributed by atoms with van der Waals surface area (Å²) in [6, 6.07) is 4.45. The van der Waals surface area contributed by atoms with E-state index in [1.165, 1.54) is 25.1 Å². The molecule has 13 heavy (non-hydrogen) atoms. The molecule has 1 aromatic rings. The number of carbonyl (C=O) groups is 2. The van der Waals surface area contributed by atoms with E-state index in [4.69, 9.17) is 5.11 Å². The van der Waals surface area contributed by atoms with Gasteiger partial charge in [-0.25, -0.2) is 4.79 Å². The Morgan fingerprint density at radius 3 is 2.38 bits per heavy atom. The minimum absolute atomic E-state index is 0.0543. The van der Waals surface area contributed by atoms with Gasteiger partial charge in [-0.05, 0) is 47.7 Å². The minimum Gasteiger partial charge on any atom is -0.478 e. The van der Waals surface area contributed by atoms with Gasteiger partial charge in [-0.2, -0.15) is 0 Å². The Morgan fingerprint density at radius 1 is 1.38 bits per heavy atom. The van der Waals surface area contributed by atoms with Crippen molar-refractivity contribution in [1.29, 1.82) is 0 Å². The van der Waals surface area contributed by atoms with Crippen LogP contribution in [0.1, 0.15) is 27.6 Å². The number of carbonyl (C=O) groups excluding carboxylic acids is 1. The summed E-state index contributed by atoms with van der Waals surface area (Å²) in [5.74, 6) is -1.03. The maximum atomic E-state index is 11.0. The zero-order chi connectivity index (χ0) is 10.0. The predicted octanol–water partition coefficient (Wildman–Crippen LogP) is 2.19. The first kappa shape index (κ1) is 10.2. The number of aromatic carboxylic acids is 1. The molecule has 0 aliphatic carbocycles. The number of hydrogen-bond donors (Lipinski definition) is 1. The summed E-state index contributed by atoms with van der Waals surface area (Å²) >= 11 is 1.95. The summed E-state index contributed by atoms with van der Waals surface area (Å²) < 4.78 is 0.671. The number of carboxylic acid groups (broad SMARTS) is 1. The fourth-order valence-corrected chi connectivity index (χ4v) is 1.83. The maximum Gasteiger partial charge on any atom is 0.335 e. The van der Waals surface area contributed by atoms with Crippen molar-refractivity contribution in [1.82, 2.24) is 0 Å². The lowest BCUT2D eigenvalue weighted by molar-refractivity contribution is 0.0696. The molecular formula is C9H7IO3. The SMILES string of the molecule is CC(=O)c1ccc(C(=O)O)cc1I. The molecule has 0 aliphatic rings. The first-order valence-corrected chi connectivity index (χ1v) is 4.64. The van der Waals surface area contributed by atoms with Crippen molar-refractivity contribution in [2.24, 2.45) is 0 Å². The molecule has 1 aromatic carbocycles. The highest BCUT2D eigenvalue weighted by atomic mass is 127. The predicted molar refractivity (Wildman–Crippen MR) is 56.1 cm³/mol. The summed E-state index contributed by atoms with van der Waals surface area (Å²) in [6.45, 7) is 1.46. The van der Waals surface area contributed by atoms with Crippen LogP contribution in [0.2, 0.25) is 0 Å². The number of benzene rings is 1. The second-order valence-electron chi connectivity index (χ2n) is 2.56. The van der Waals surface area contributed by atoms with Crippen LogP contribution in [0.3, 0.4) is 0 Å². The Morgan fingerprint density at radius 2 is 2.00 bits per heavy atom. The average molecular weight is 290 g/mol. The molecule has 4 heteroatoms. The van der Waals surface area contributed by atoms with Crippen molar-refractivity contribution < 1.29 is 14.7 Å².